The van der Waals surface area contributed by atoms with Crippen molar-refractivity contribution in [3.8, 4) is 0 Å². The van der Waals surface area contributed by atoms with Gasteiger partial charge in [0.15, 0.2) is 0 Å². The molecule has 132 valence electrons. The Kier molecular flexibility index (Phi) is 6.67. The van der Waals surface area contributed by atoms with Crippen molar-refractivity contribution in [3.63, 3.8) is 0 Å². The van der Waals surface area contributed by atoms with E-state index in [-0.39, 0.29) is 17.9 Å². The number of hydrogen-bond acceptors (Lipinski definition) is 2. The molecule has 5 heteroatoms. The molecular formula is C19H27ClN2O2. The molecule has 1 aliphatic rings. The molecule has 0 atom stereocenters. The predicted molar refractivity (Wildman–Crippen MR) is 98.4 cm³/mol. The van der Waals surface area contributed by atoms with Gasteiger partial charge in [-0.15, -0.1) is 0 Å². The van der Waals surface area contributed by atoms with Crippen LogP contribution in [-0.4, -0.2) is 29.3 Å². The molecule has 0 heterocycles. The number of carbonyl (C=O) groups is 2. The summed E-state index contributed by atoms with van der Waals surface area (Å²) >= 11 is 6.23. The van der Waals surface area contributed by atoms with E-state index < -0.39 is 0 Å². The number of aryl methyl sites for hydroxylation is 2. The summed E-state index contributed by atoms with van der Waals surface area (Å²) in [5, 5.41) is 3.45. The molecule has 0 radical (unpaired) electrons. The van der Waals surface area contributed by atoms with Gasteiger partial charge in [-0.25, -0.2) is 0 Å². The minimum Gasteiger partial charge on any atom is -0.339 e. The number of benzene rings is 1. The highest BCUT2D eigenvalue weighted by Gasteiger charge is 2.23. The molecule has 0 spiro atoms. The van der Waals surface area contributed by atoms with E-state index in [2.05, 4.69) is 5.32 Å². The summed E-state index contributed by atoms with van der Waals surface area (Å²) < 4.78 is 0. The summed E-state index contributed by atoms with van der Waals surface area (Å²) in [7, 11) is 0. The normalized spacial score (nSPS) is 15.2. The Bertz CT molecular complexity index is 586. The van der Waals surface area contributed by atoms with Gasteiger partial charge < -0.3 is 10.2 Å². The zero-order valence-electron chi connectivity index (χ0n) is 14.8. The number of halogens is 1. The van der Waals surface area contributed by atoms with Gasteiger partial charge in [0.1, 0.15) is 0 Å². The lowest BCUT2D eigenvalue weighted by Crippen LogP contribution is -2.41. The van der Waals surface area contributed by atoms with Crippen molar-refractivity contribution < 1.29 is 9.59 Å². The fourth-order valence-corrected chi connectivity index (χ4v) is 3.86. The Morgan fingerprint density at radius 3 is 2.46 bits per heavy atom. The van der Waals surface area contributed by atoms with E-state index in [9.17, 15) is 9.59 Å². The minimum atomic E-state index is -0.106. The first kappa shape index (κ1) is 18.8. The Labute approximate surface area is 149 Å². The van der Waals surface area contributed by atoms with Gasteiger partial charge in [0.25, 0.3) is 0 Å². The Morgan fingerprint density at radius 1 is 1.21 bits per heavy atom. The number of anilines is 1. The van der Waals surface area contributed by atoms with Crippen molar-refractivity contribution >= 4 is 29.1 Å². The summed E-state index contributed by atoms with van der Waals surface area (Å²) in [6.45, 7) is 5.96. The van der Waals surface area contributed by atoms with E-state index in [0.29, 0.717) is 23.7 Å². The summed E-state index contributed by atoms with van der Waals surface area (Å²) in [6.07, 6.45) is 5.96. The molecule has 0 bridgehead atoms. The van der Waals surface area contributed by atoms with Gasteiger partial charge in [0.05, 0.1) is 10.7 Å². The van der Waals surface area contributed by atoms with Gasteiger partial charge >= 0.3 is 0 Å². The van der Waals surface area contributed by atoms with Crippen LogP contribution in [0.2, 0.25) is 5.02 Å². The Morgan fingerprint density at radius 2 is 1.88 bits per heavy atom. The van der Waals surface area contributed by atoms with Crippen LogP contribution in [0.1, 0.15) is 56.6 Å². The first-order valence-corrected chi connectivity index (χ1v) is 9.10. The standard InChI is InChI=1S/C19H27ClN2O2/c1-13-11-14(2)19(17(20)12-13)21-18(24)9-10-22(15(3)23)16-7-5-4-6-8-16/h11-12,16H,4-10H2,1-3H3,(H,21,24). The molecule has 1 fully saturated rings. The monoisotopic (exact) mass is 350 g/mol. The van der Waals surface area contributed by atoms with Crippen molar-refractivity contribution in [1.29, 1.82) is 0 Å². The van der Waals surface area contributed by atoms with Crippen LogP contribution in [0, 0.1) is 13.8 Å². The van der Waals surface area contributed by atoms with Crippen molar-refractivity contribution in [1.82, 2.24) is 4.90 Å². The van der Waals surface area contributed by atoms with Gasteiger partial charge in [-0.05, 0) is 43.9 Å². The van der Waals surface area contributed by atoms with Crippen molar-refractivity contribution in [2.75, 3.05) is 11.9 Å². The molecule has 1 saturated carbocycles. The van der Waals surface area contributed by atoms with Gasteiger partial charge in [-0.2, -0.15) is 0 Å². The number of amides is 2. The molecule has 0 aliphatic heterocycles. The van der Waals surface area contributed by atoms with E-state index >= 15 is 0 Å². The predicted octanol–water partition coefficient (Wildman–Crippen LogP) is 4.47. The summed E-state index contributed by atoms with van der Waals surface area (Å²) in [5.41, 5.74) is 2.68. The van der Waals surface area contributed by atoms with Gasteiger partial charge in [0, 0.05) is 25.9 Å². The first-order chi connectivity index (χ1) is 11.4. The van der Waals surface area contributed by atoms with Crippen LogP contribution < -0.4 is 5.32 Å². The number of hydrogen-bond donors (Lipinski definition) is 1. The lowest BCUT2D eigenvalue weighted by Gasteiger charge is -2.33. The quantitative estimate of drug-likeness (QED) is 0.851. The third kappa shape index (κ3) is 4.97. The maximum absolute atomic E-state index is 12.3. The average Bonchev–Trinajstić information content (AvgIpc) is 2.51. The Hall–Kier alpha value is -1.55. The molecule has 1 aromatic carbocycles. The second-order valence-corrected chi connectivity index (χ2v) is 7.15. The second-order valence-electron chi connectivity index (χ2n) is 6.74. The van der Waals surface area contributed by atoms with Crippen LogP contribution in [-0.2, 0) is 9.59 Å². The molecule has 2 amide bonds. The minimum absolute atomic E-state index is 0.0549. The molecule has 0 saturated heterocycles. The maximum Gasteiger partial charge on any atom is 0.226 e. The van der Waals surface area contributed by atoms with E-state index in [4.69, 9.17) is 11.6 Å². The summed E-state index contributed by atoms with van der Waals surface area (Å²) in [4.78, 5) is 26.1. The molecule has 2 rings (SSSR count). The van der Waals surface area contributed by atoms with E-state index in [1.54, 1.807) is 6.92 Å². The van der Waals surface area contributed by atoms with Gasteiger partial charge in [-0.1, -0.05) is 36.9 Å². The number of carbonyl (C=O) groups excluding carboxylic acids is 2. The smallest absolute Gasteiger partial charge is 0.226 e. The number of nitrogens with one attached hydrogen (secondary N) is 1. The zero-order chi connectivity index (χ0) is 17.7. The molecule has 0 unspecified atom stereocenters. The molecule has 4 nitrogen and oxygen atoms in total. The third-order valence-electron chi connectivity index (χ3n) is 4.70. The second kappa shape index (κ2) is 8.52. The lowest BCUT2D eigenvalue weighted by molar-refractivity contribution is -0.132. The summed E-state index contributed by atoms with van der Waals surface area (Å²) in [6, 6.07) is 4.12. The third-order valence-corrected chi connectivity index (χ3v) is 4.99. The molecule has 0 aromatic heterocycles. The highest BCUT2D eigenvalue weighted by molar-refractivity contribution is 6.34. The highest BCUT2D eigenvalue weighted by Crippen LogP contribution is 2.27. The van der Waals surface area contributed by atoms with Crippen molar-refractivity contribution in [3.05, 3.63) is 28.3 Å². The first-order valence-electron chi connectivity index (χ1n) is 8.72. The summed E-state index contributed by atoms with van der Waals surface area (Å²) in [5.74, 6) is -0.0508. The molecule has 1 aliphatic carbocycles. The van der Waals surface area contributed by atoms with E-state index in [1.165, 1.54) is 19.3 Å². The fraction of sp³-hybridized carbons (Fsp3) is 0.579. The number of nitrogens with zero attached hydrogens (tertiary/aromatic N) is 1. The number of rotatable bonds is 5. The maximum atomic E-state index is 12.3. The van der Waals surface area contributed by atoms with Crippen LogP contribution in [0.15, 0.2) is 12.1 Å². The molecular weight excluding hydrogens is 324 g/mol. The van der Waals surface area contributed by atoms with Gasteiger partial charge in [-0.3, -0.25) is 9.59 Å². The fourth-order valence-electron chi connectivity index (χ4n) is 3.49. The molecule has 24 heavy (non-hydrogen) atoms. The SMILES string of the molecule is CC(=O)N(CCC(=O)Nc1c(C)cc(C)cc1Cl)C1CCCCC1. The topological polar surface area (TPSA) is 49.4 Å². The van der Waals surface area contributed by atoms with Crippen LogP contribution in [0.25, 0.3) is 0 Å². The lowest BCUT2D eigenvalue weighted by atomic mass is 9.94. The van der Waals surface area contributed by atoms with Crippen LogP contribution in [0.5, 0.6) is 0 Å². The van der Waals surface area contributed by atoms with Crippen LogP contribution in [0.4, 0.5) is 5.69 Å². The van der Waals surface area contributed by atoms with Crippen LogP contribution >= 0.6 is 11.6 Å². The van der Waals surface area contributed by atoms with E-state index in [1.807, 2.05) is 30.9 Å². The highest BCUT2D eigenvalue weighted by atomic mass is 35.5. The van der Waals surface area contributed by atoms with Crippen molar-refractivity contribution in [2.45, 2.75) is 65.3 Å². The van der Waals surface area contributed by atoms with Gasteiger partial charge in [0.2, 0.25) is 11.8 Å². The largest absolute Gasteiger partial charge is 0.339 e. The van der Waals surface area contributed by atoms with E-state index in [0.717, 1.165) is 24.0 Å². The molecule has 1 N–H and O–H groups in total. The Balaban J connectivity index is 1.95. The average molecular weight is 351 g/mol. The molecule has 1 aromatic rings. The zero-order valence-corrected chi connectivity index (χ0v) is 15.6. The van der Waals surface area contributed by atoms with Crippen LogP contribution in [0.3, 0.4) is 0 Å². The van der Waals surface area contributed by atoms with Crippen molar-refractivity contribution in [2.24, 2.45) is 0 Å².